The Kier molecular flexibility index (Phi) is 4.58. The smallest absolute Gasteiger partial charge is 0.243 e. The van der Waals surface area contributed by atoms with Gasteiger partial charge in [-0.3, -0.25) is 9.88 Å². The van der Waals surface area contributed by atoms with Gasteiger partial charge in [-0.05, 0) is 43.9 Å². The van der Waals surface area contributed by atoms with Crippen molar-refractivity contribution in [1.29, 1.82) is 0 Å². The van der Waals surface area contributed by atoms with Gasteiger partial charge < -0.3 is 9.42 Å². The monoisotopic (exact) mass is 327 g/mol. The van der Waals surface area contributed by atoms with E-state index in [0.29, 0.717) is 5.92 Å². The summed E-state index contributed by atoms with van der Waals surface area (Å²) in [4.78, 5) is 13.7. The third-order valence-electron chi connectivity index (χ3n) is 5.18. The first-order valence-electron chi connectivity index (χ1n) is 8.98. The molecular weight excluding hydrogens is 302 g/mol. The molecule has 3 heterocycles. The van der Waals surface area contributed by atoms with Crippen LogP contribution in [0.1, 0.15) is 49.0 Å². The number of rotatable bonds is 6. The molecule has 6 nitrogen and oxygen atoms in total. The fraction of sp³-hybridized carbons (Fsp3) is 0.611. The normalized spacial score (nSPS) is 21.0. The lowest BCUT2D eigenvalue weighted by Crippen LogP contribution is -2.47. The number of aromatic nitrogens is 3. The highest BCUT2D eigenvalue weighted by atomic mass is 16.5. The van der Waals surface area contributed by atoms with Crippen molar-refractivity contribution in [3.63, 3.8) is 0 Å². The predicted octanol–water partition coefficient (Wildman–Crippen LogP) is 2.26. The van der Waals surface area contributed by atoms with Gasteiger partial charge in [-0.15, -0.1) is 0 Å². The molecule has 1 aliphatic carbocycles. The molecular formula is C18H25N5O. The number of hydrogen-bond acceptors (Lipinski definition) is 6. The lowest BCUT2D eigenvalue weighted by atomic mass is 10.1. The van der Waals surface area contributed by atoms with Crippen LogP contribution in [-0.2, 0) is 6.42 Å². The molecule has 1 aliphatic heterocycles. The molecule has 2 fully saturated rings. The second-order valence-corrected chi connectivity index (χ2v) is 6.92. The zero-order valence-electron chi connectivity index (χ0n) is 14.3. The first-order chi connectivity index (χ1) is 11.8. The van der Waals surface area contributed by atoms with Crippen LogP contribution in [0.2, 0.25) is 0 Å². The Morgan fingerprint density at radius 1 is 1.17 bits per heavy atom. The van der Waals surface area contributed by atoms with Crippen LogP contribution in [0, 0.1) is 0 Å². The van der Waals surface area contributed by atoms with Crippen LogP contribution < -0.4 is 0 Å². The van der Waals surface area contributed by atoms with Gasteiger partial charge in [-0.1, -0.05) is 5.16 Å². The SMILES string of the molecule is C[C@@H](c1nc(C2CC2)no1)N1CCN(CCc2ccncc2)CC1. The summed E-state index contributed by atoms with van der Waals surface area (Å²) < 4.78 is 5.49. The Hall–Kier alpha value is -1.79. The second kappa shape index (κ2) is 6.99. The fourth-order valence-corrected chi connectivity index (χ4v) is 3.29. The highest BCUT2D eigenvalue weighted by Gasteiger charge is 2.31. The van der Waals surface area contributed by atoms with E-state index in [2.05, 4.69) is 44.0 Å². The Bertz CT molecular complexity index is 646. The van der Waals surface area contributed by atoms with E-state index in [4.69, 9.17) is 4.52 Å². The number of nitrogens with zero attached hydrogens (tertiary/aromatic N) is 5. The van der Waals surface area contributed by atoms with Gasteiger partial charge in [0.15, 0.2) is 5.82 Å². The molecule has 0 spiro atoms. The maximum atomic E-state index is 5.49. The molecule has 1 saturated carbocycles. The molecule has 24 heavy (non-hydrogen) atoms. The van der Waals surface area contributed by atoms with Crippen LogP contribution in [0.15, 0.2) is 29.0 Å². The van der Waals surface area contributed by atoms with Crippen LogP contribution in [-0.4, -0.2) is 57.6 Å². The maximum Gasteiger partial charge on any atom is 0.243 e. The summed E-state index contributed by atoms with van der Waals surface area (Å²) in [7, 11) is 0. The van der Waals surface area contributed by atoms with Gasteiger partial charge >= 0.3 is 0 Å². The molecule has 0 unspecified atom stereocenters. The van der Waals surface area contributed by atoms with Crippen LogP contribution in [0.3, 0.4) is 0 Å². The van der Waals surface area contributed by atoms with E-state index >= 15 is 0 Å². The molecule has 6 heteroatoms. The summed E-state index contributed by atoms with van der Waals surface area (Å²) >= 11 is 0. The second-order valence-electron chi connectivity index (χ2n) is 6.92. The van der Waals surface area contributed by atoms with Gasteiger partial charge in [0.05, 0.1) is 6.04 Å². The van der Waals surface area contributed by atoms with Crippen molar-refractivity contribution in [2.45, 2.75) is 38.1 Å². The molecule has 0 aromatic carbocycles. The van der Waals surface area contributed by atoms with Crippen LogP contribution in [0.5, 0.6) is 0 Å². The van der Waals surface area contributed by atoms with Crippen molar-refractivity contribution in [2.24, 2.45) is 0 Å². The summed E-state index contributed by atoms with van der Waals surface area (Å²) in [5.41, 5.74) is 1.36. The zero-order valence-corrected chi connectivity index (χ0v) is 14.3. The van der Waals surface area contributed by atoms with Gasteiger partial charge in [0, 0.05) is 51.0 Å². The molecule has 0 bridgehead atoms. The predicted molar refractivity (Wildman–Crippen MR) is 90.6 cm³/mol. The Morgan fingerprint density at radius 2 is 1.92 bits per heavy atom. The van der Waals surface area contributed by atoms with Gasteiger partial charge in [0.2, 0.25) is 5.89 Å². The molecule has 128 valence electrons. The van der Waals surface area contributed by atoms with Crippen molar-refractivity contribution in [3.05, 3.63) is 41.8 Å². The minimum absolute atomic E-state index is 0.215. The van der Waals surface area contributed by atoms with Gasteiger partial charge in [0.25, 0.3) is 0 Å². The fourth-order valence-electron chi connectivity index (χ4n) is 3.29. The molecule has 2 aliphatic rings. The summed E-state index contributed by atoms with van der Waals surface area (Å²) in [5, 5.41) is 4.14. The Morgan fingerprint density at radius 3 is 2.62 bits per heavy atom. The number of hydrogen-bond donors (Lipinski definition) is 0. The van der Waals surface area contributed by atoms with Crippen LogP contribution >= 0.6 is 0 Å². The standard InChI is InChI=1S/C18H25N5O/c1-14(18-20-17(21-24-18)16-2-3-16)23-12-10-22(11-13-23)9-6-15-4-7-19-8-5-15/h4-5,7-8,14,16H,2-3,6,9-13H2,1H3/t14-/m0/s1. The molecule has 2 aromatic heterocycles. The van der Waals surface area contributed by atoms with Crippen molar-refractivity contribution >= 4 is 0 Å². The molecule has 0 amide bonds. The van der Waals surface area contributed by atoms with E-state index < -0.39 is 0 Å². The highest BCUT2D eigenvalue weighted by molar-refractivity contribution is 5.10. The molecule has 0 N–H and O–H groups in total. The topological polar surface area (TPSA) is 58.3 Å². The zero-order chi connectivity index (χ0) is 16.4. The first-order valence-corrected chi connectivity index (χ1v) is 8.98. The van der Waals surface area contributed by atoms with E-state index in [-0.39, 0.29) is 6.04 Å². The Balaban J connectivity index is 1.26. The van der Waals surface area contributed by atoms with Crippen molar-refractivity contribution < 1.29 is 4.52 Å². The maximum absolute atomic E-state index is 5.49. The first kappa shape index (κ1) is 15.7. The third kappa shape index (κ3) is 3.65. The molecule has 1 atom stereocenters. The lowest BCUT2D eigenvalue weighted by Gasteiger charge is -2.36. The minimum atomic E-state index is 0.215. The number of pyridine rings is 1. The highest BCUT2D eigenvalue weighted by Crippen LogP contribution is 2.38. The minimum Gasteiger partial charge on any atom is -0.338 e. The van der Waals surface area contributed by atoms with E-state index in [1.165, 1.54) is 18.4 Å². The van der Waals surface area contributed by atoms with Crippen molar-refractivity contribution in [3.8, 4) is 0 Å². The van der Waals surface area contributed by atoms with E-state index in [1.807, 2.05) is 12.4 Å². The molecule has 0 radical (unpaired) electrons. The lowest BCUT2D eigenvalue weighted by molar-refractivity contribution is 0.0890. The summed E-state index contributed by atoms with van der Waals surface area (Å²) in [6, 6.07) is 4.42. The van der Waals surface area contributed by atoms with Crippen LogP contribution in [0.4, 0.5) is 0 Å². The Labute approximate surface area is 142 Å². The van der Waals surface area contributed by atoms with Crippen molar-refractivity contribution in [2.75, 3.05) is 32.7 Å². The average molecular weight is 327 g/mol. The summed E-state index contributed by atoms with van der Waals surface area (Å²) in [6.07, 6.45) is 7.25. The van der Waals surface area contributed by atoms with E-state index in [1.54, 1.807) is 0 Å². The largest absolute Gasteiger partial charge is 0.338 e. The quantitative estimate of drug-likeness (QED) is 0.811. The van der Waals surface area contributed by atoms with Gasteiger partial charge in [0.1, 0.15) is 0 Å². The molecule has 1 saturated heterocycles. The molecule has 4 rings (SSSR count). The molecule has 2 aromatic rings. The summed E-state index contributed by atoms with van der Waals surface area (Å²) in [5.74, 6) is 2.25. The van der Waals surface area contributed by atoms with Gasteiger partial charge in [-0.2, -0.15) is 4.98 Å². The van der Waals surface area contributed by atoms with Crippen LogP contribution in [0.25, 0.3) is 0 Å². The van der Waals surface area contributed by atoms with E-state index in [0.717, 1.165) is 50.9 Å². The number of piperazine rings is 1. The van der Waals surface area contributed by atoms with Crippen molar-refractivity contribution in [1.82, 2.24) is 24.9 Å². The van der Waals surface area contributed by atoms with E-state index in [9.17, 15) is 0 Å². The van der Waals surface area contributed by atoms with Gasteiger partial charge in [-0.25, -0.2) is 0 Å². The summed E-state index contributed by atoms with van der Waals surface area (Å²) in [6.45, 7) is 7.59. The third-order valence-corrected chi connectivity index (χ3v) is 5.18. The average Bonchev–Trinajstić information content (AvgIpc) is 3.38.